The van der Waals surface area contributed by atoms with Crippen LogP contribution in [-0.4, -0.2) is 373 Å². The van der Waals surface area contributed by atoms with E-state index in [2.05, 4.69) is 27.7 Å². The summed E-state index contributed by atoms with van der Waals surface area (Å²) in [6, 6.07) is 0. The summed E-state index contributed by atoms with van der Waals surface area (Å²) < 4.78 is 85.3. The topological polar surface area (TPSA) is 495 Å². The highest BCUT2D eigenvalue weighted by Crippen LogP contribution is 2.54. The maximum absolute atomic E-state index is 13.8. The van der Waals surface area contributed by atoms with Gasteiger partial charge in [0.2, 0.25) is 72.4 Å². The summed E-state index contributed by atoms with van der Waals surface area (Å²) in [5.41, 5.74) is 0.500. The number of rotatable bonds is 42. The molecule has 0 rings (SSSR count). The molecule has 31 nitrogen and oxygen atoms in total. The fraction of sp³-hybridized carbons (Fsp3) is 1.00. The molecule has 63 heteroatoms. The van der Waals surface area contributed by atoms with Crippen molar-refractivity contribution in [2.24, 2.45) is 5.41 Å². The SMILES string of the molecule is CC(C)(C)C.CO[Si]([SiH3])(O[Si]([Si](O[SiH2]O)([SiH2]O)[SiH2]O)([Si](O[Si](C)(C)O[Si](C)(C)C)(O[Si](O[SiH2]O)([SiH2]O)[Si](C)(C)O)[Si](O[Si](O[SiH2]O)([SiH2]O)[SiH2]O)([Si](O[SiH2]O)([SiH2]O)[SiH2]O)[Si](O[SiH2]O)([SiH2]O)[SiH2]O)[Si](O[Si](C)(C)O)([SiH2]O)[Si](C)(C)O)[SiH2]O. The van der Waals surface area contributed by atoms with E-state index >= 15 is 0 Å². The zero-order chi connectivity index (χ0) is 63.8. The first-order valence-corrected chi connectivity index (χ1v) is 109. The lowest BCUT2D eigenvalue weighted by Crippen LogP contribution is -3.14. The van der Waals surface area contributed by atoms with Gasteiger partial charge in [-0.3, -0.25) is 0 Å². The van der Waals surface area contributed by atoms with E-state index in [1.807, 2.05) is 0 Å². The summed E-state index contributed by atoms with van der Waals surface area (Å²) in [5, 5.41) is 0. The fourth-order valence-electron chi connectivity index (χ4n) is 9.30. The molecule has 80 heavy (non-hydrogen) atoms. The molecule has 0 heterocycles. The second-order valence-electron chi connectivity index (χ2n) is 23.6. The second kappa shape index (κ2) is 35.3. The van der Waals surface area contributed by atoms with Crippen LogP contribution in [0.1, 0.15) is 27.7 Å². The highest BCUT2D eigenvalue weighted by Gasteiger charge is 3.00. The Hall–Kier alpha value is 5.70. The summed E-state index contributed by atoms with van der Waals surface area (Å²) in [6.07, 6.45) is 0. The Morgan fingerprint density at radius 2 is 0.738 bits per heavy atom. The van der Waals surface area contributed by atoms with Crippen LogP contribution in [0, 0.1) is 5.41 Å². The highest BCUT2D eigenvalue weighted by atomic mass is 30.5. The standard InChI is InChI=1S/C12H90O31Si32.C5H12/c1-32-66(44,50-18)41-75(72(58-26,59-27)37-49-17,73(60-28,64(9,10)31)39-62(5,6)29)69(40-65(11,12)38-61(2,3)4,43-68(53-21,34-46-14)63(7,8)30)74(70(54-22,55-23)35-47-15,71(56-24,57-25)36-48-16)42-67(51-19,52-20)33-45-13;1-5(2,3)4/h13-31H,45-60H2,1-12,44H3;1-4H3. The summed E-state index contributed by atoms with van der Waals surface area (Å²) in [4.78, 5) is 234. The van der Waals surface area contributed by atoms with E-state index in [0.29, 0.717) is 5.41 Å². The number of hydrogen-bond acceptors (Lipinski definition) is 31. The molecule has 0 spiro atoms. The van der Waals surface area contributed by atoms with Gasteiger partial charge in [0.15, 0.2) is 81.1 Å². The number of hydrogen-bond donors (Lipinski definition) is 19. The molecule has 0 aliphatic heterocycles. The largest absolute Gasteiger partial charge is 0.441 e. The minimum Gasteiger partial charge on any atom is -0.441 e. The van der Waals surface area contributed by atoms with Crippen LogP contribution in [0.25, 0.3) is 0 Å². The molecule has 484 valence electrons. The molecule has 19 N–H and O–H groups in total. The first kappa shape index (κ1) is 87.8. The van der Waals surface area contributed by atoms with Crippen molar-refractivity contribution >= 4 is 275 Å². The van der Waals surface area contributed by atoms with E-state index in [1.165, 1.54) is 59.5 Å². The average molecular weight is 1700 g/mol. The third kappa shape index (κ3) is 19.9. The maximum Gasteiger partial charge on any atom is 0.338 e. The zero-order valence-corrected chi connectivity index (χ0v) is 89.3. The predicted molar refractivity (Wildman–Crippen MR) is 384 cm³/mol. The zero-order valence-electron chi connectivity index (χ0n) is 49.7. The Bertz CT molecular complexity index is 1740. The summed E-state index contributed by atoms with van der Waals surface area (Å²) >= 11 is 0. The highest BCUT2D eigenvalue weighted by molar-refractivity contribution is 8.24. The van der Waals surface area contributed by atoms with Gasteiger partial charge in [-0.05, 0) is 77.4 Å². The molecular formula is C17H102O31Si32. The van der Waals surface area contributed by atoms with Gasteiger partial charge in [0.05, 0.1) is 9.76 Å². The Morgan fingerprint density at radius 1 is 0.375 bits per heavy atom. The minimum absolute atomic E-state index is 0.303. The molecule has 0 fully saturated rings. The van der Waals surface area contributed by atoms with E-state index in [0.717, 1.165) is 0 Å². The maximum atomic E-state index is 13.8. The van der Waals surface area contributed by atoms with Gasteiger partial charge in [-0.2, -0.15) is 0 Å². The van der Waals surface area contributed by atoms with Gasteiger partial charge in [-0.1, -0.05) is 27.7 Å². The summed E-state index contributed by atoms with van der Waals surface area (Å²) in [6.45, 7) is -10.4. The van der Waals surface area contributed by atoms with E-state index in [-0.39, 0.29) is 9.76 Å². The van der Waals surface area contributed by atoms with Crippen LogP contribution in [-0.2, 0) is 49.7 Å². The van der Waals surface area contributed by atoms with Crippen LogP contribution >= 0.6 is 0 Å². The van der Waals surface area contributed by atoms with Crippen LogP contribution in [0.4, 0.5) is 0 Å². The molecule has 0 aliphatic rings. The molecule has 0 saturated heterocycles. The summed E-state index contributed by atoms with van der Waals surface area (Å²) in [7, 11) is -93.5. The predicted octanol–water partition coefficient (Wildman–Crippen LogP) is -24.3. The van der Waals surface area contributed by atoms with Gasteiger partial charge in [-0.25, -0.2) is 0 Å². The van der Waals surface area contributed by atoms with Gasteiger partial charge in [0.1, 0.15) is 0 Å². The fourth-order valence-corrected chi connectivity index (χ4v) is 612. The molecular weight excluding hydrogens is 1600 g/mol. The first-order valence-electron chi connectivity index (χ1n) is 25.1. The van der Waals surface area contributed by atoms with Crippen LogP contribution in [0.15, 0.2) is 0 Å². The molecule has 0 bridgehead atoms. The molecule has 5 unspecified atom stereocenters. The lowest BCUT2D eigenvalue weighted by molar-refractivity contribution is 0.296. The molecule has 0 amide bonds. The third-order valence-electron chi connectivity index (χ3n) is 12.5. The van der Waals surface area contributed by atoms with Crippen molar-refractivity contribution in [3.8, 4) is 0 Å². The quantitative estimate of drug-likeness (QED) is 0.0252. The minimum atomic E-state index is -6.84. The monoisotopic (exact) mass is 1700 g/mol. The van der Waals surface area contributed by atoms with Crippen molar-refractivity contribution in [2.75, 3.05) is 7.11 Å². The normalized spacial score (nSPS) is 23.6. The van der Waals surface area contributed by atoms with Crippen molar-refractivity contribution in [3.05, 3.63) is 0 Å². The van der Waals surface area contributed by atoms with E-state index in [4.69, 9.17) is 49.7 Å². The van der Waals surface area contributed by atoms with Crippen LogP contribution < -0.4 is 0 Å². The van der Waals surface area contributed by atoms with Gasteiger partial charge < -0.3 is 141 Å². The smallest absolute Gasteiger partial charge is 0.338 e. The lowest BCUT2D eigenvalue weighted by Gasteiger charge is -2.71. The van der Waals surface area contributed by atoms with Crippen molar-refractivity contribution in [3.63, 3.8) is 0 Å². The molecule has 0 aromatic heterocycles. The van der Waals surface area contributed by atoms with E-state index < -0.39 is 265 Å². The first-order chi connectivity index (χ1) is 36.3. The van der Waals surface area contributed by atoms with E-state index in [1.54, 1.807) is 19.6 Å². The van der Waals surface area contributed by atoms with Crippen molar-refractivity contribution in [2.45, 2.75) is 99.7 Å². The Labute approximate surface area is 522 Å². The molecule has 0 saturated carbocycles. The Balaban J connectivity index is 0. The third-order valence-corrected chi connectivity index (χ3v) is 350. The van der Waals surface area contributed by atoms with Gasteiger partial charge >= 0.3 is 39.9 Å². The van der Waals surface area contributed by atoms with Crippen molar-refractivity contribution in [1.82, 2.24) is 0 Å². The van der Waals surface area contributed by atoms with Crippen LogP contribution in [0.3, 0.4) is 0 Å². The molecule has 0 aromatic rings. The Morgan fingerprint density at radius 3 is 0.975 bits per heavy atom. The summed E-state index contributed by atoms with van der Waals surface area (Å²) in [5.74, 6) is 0. The average Bonchev–Trinajstić information content (AvgIpc) is 3.33. The lowest BCUT2D eigenvalue weighted by atomic mass is 10.0. The molecule has 0 aromatic carbocycles. The van der Waals surface area contributed by atoms with Crippen molar-refractivity contribution < 1.29 is 141 Å². The van der Waals surface area contributed by atoms with Crippen LogP contribution in [0.2, 0.25) is 72.0 Å². The van der Waals surface area contributed by atoms with Gasteiger partial charge in [0.25, 0.3) is 71.4 Å². The Kier molecular flexibility index (Phi) is 38.7. The molecule has 0 radical (unpaired) electrons. The van der Waals surface area contributed by atoms with E-state index in [9.17, 15) is 91.1 Å². The van der Waals surface area contributed by atoms with Gasteiger partial charge in [-0.15, -0.1) is 0 Å². The molecule has 5 atom stereocenters. The second-order valence-corrected chi connectivity index (χ2v) is 211. The van der Waals surface area contributed by atoms with Gasteiger partial charge in [0, 0.05) is 7.11 Å². The van der Waals surface area contributed by atoms with Crippen LogP contribution in [0.5, 0.6) is 0 Å². The molecule has 0 aliphatic carbocycles. The van der Waals surface area contributed by atoms with Crippen molar-refractivity contribution in [1.29, 1.82) is 0 Å².